The fourth-order valence-corrected chi connectivity index (χ4v) is 3.80. The molecule has 1 saturated carbocycles. The number of aryl methyl sites for hydroxylation is 1. The van der Waals surface area contributed by atoms with Crippen LogP contribution in [0.5, 0.6) is 0 Å². The van der Waals surface area contributed by atoms with Gasteiger partial charge >= 0.3 is 0 Å². The summed E-state index contributed by atoms with van der Waals surface area (Å²) in [6.07, 6.45) is 0.868. The first-order chi connectivity index (χ1) is 11.6. The van der Waals surface area contributed by atoms with Gasteiger partial charge < -0.3 is 16.4 Å². The Kier molecular flexibility index (Phi) is 4.97. The highest BCUT2D eigenvalue weighted by Crippen LogP contribution is 2.50. The Morgan fingerprint density at radius 1 is 1.25 bits per heavy atom. The molecule has 126 valence electrons. The van der Waals surface area contributed by atoms with Crippen molar-refractivity contribution in [2.45, 2.75) is 19.3 Å². The van der Waals surface area contributed by atoms with E-state index in [-0.39, 0.29) is 17.7 Å². The number of hydrogen-bond donors (Lipinski definition) is 3. The van der Waals surface area contributed by atoms with Gasteiger partial charge in [0.15, 0.2) is 0 Å². The Morgan fingerprint density at radius 2 is 2.04 bits per heavy atom. The summed E-state index contributed by atoms with van der Waals surface area (Å²) >= 11 is 1.75. The summed E-state index contributed by atoms with van der Waals surface area (Å²) in [6.45, 7) is 2.86. The van der Waals surface area contributed by atoms with Gasteiger partial charge in [-0.25, -0.2) is 0 Å². The molecule has 2 aromatic rings. The summed E-state index contributed by atoms with van der Waals surface area (Å²) in [5, 5.41) is 5.64. The average Bonchev–Trinajstić information content (AvgIpc) is 3.27. The van der Waals surface area contributed by atoms with Gasteiger partial charge in [-0.15, -0.1) is 11.3 Å². The Bertz CT molecular complexity index is 756. The lowest BCUT2D eigenvalue weighted by Crippen LogP contribution is -2.30. The van der Waals surface area contributed by atoms with Gasteiger partial charge in [0.1, 0.15) is 0 Å². The van der Waals surface area contributed by atoms with Crippen LogP contribution in [0.15, 0.2) is 36.4 Å². The van der Waals surface area contributed by atoms with E-state index >= 15 is 0 Å². The molecular weight excluding hydrogens is 322 g/mol. The van der Waals surface area contributed by atoms with E-state index in [9.17, 15) is 9.59 Å². The summed E-state index contributed by atoms with van der Waals surface area (Å²) in [5.41, 5.74) is 6.42. The van der Waals surface area contributed by atoms with E-state index in [4.69, 9.17) is 5.73 Å². The van der Waals surface area contributed by atoms with E-state index in [1.807, 2.05) is 6.07 Å². The van der Waals surface area contributed by atoms with E-state index < -0.39 is 0 Å². The second-order valence-corrected chi connectivity index (χ2v) is 7.30. The lowest BCUT2D eigenvalue weighted by Gasteiger charge is -2.11. The average molecular weight is 343 g/mol. The number of carbonyl (C=O) groups is 2. The van der Waals surface area contributed by atoms with Crippen LogP contribution in [-0.2, 0) is 4.79 Å². The smallest absolute Gasteiger partial charge is 0.253 e. The summed E-state index contributed by atoms with van der Waals surface area (Å²) in [7, 11) is 0. The van der Waals surface area contributed by atoms with Crippen molar-refractivity contribution in [2.75, 3.05) is 18.4 Å². The molecule has 1 aromatic carbocycles. The Hall–Kier alpha value is -2.18. The molecule has 1 aromatic heterocycles. The third-order valence-electron chi connectivity index (χ3n) is 4.11. The lowest BCUT2D eigenvalue weighted by molar-refractivity contribution is -0.117. The number of hydrogen-bond acceptors (Lipinski definition) is 4. The number of para-hydroxylation sites is 1. The fraction of sp³-hybridized carbons (Fsp3) is 0.333. The number of nitrogens with one attached hydrogen (secondary N) is 2. The molecule has 0 saturated heterocycles. The van der Waals surface area contributed by atoms with Gasteiger partial charge in [-0.05, 0) is 37.6 Å². The fourth-order valence-electron chi connectivity index (χ4n) is 2.75. The molecule has 0 spiro atoms. The van der Waals surface area contributed by atoms with Gasteiger partial charge in [0.2, 0.25) is 5.91 Å². The maximum atomic E-state index is 12.5. The molecular formula is C18H21N3O2S. The molecule has 4 N–H and O–H groups in total. The molecule has 1 heterocycles. The number of anilines is 1. The molecule has 5 nitrogen and oxygen atoms in total. The van der Waals surface area contributed by atoms with Crippen molar-refractivity contribution in [1.29, 1.82) is 0 Å². The largest absolute Gasteiger partial charge is 0.351 e. The predicted molar refractivity (Wildman–Crippen MR) is 96.4 cm³/mol. The summed E-state index contributed by atoms with van der Waals surface area (Å²) in [6, 6.07) is 11.2. The first kappa shape index (κ1) is 16.7. The van der Waals surface area contributed by atoms with Crippen LogP contribution in [0, 0.1) is 12.8 Å². The van der Waals surface area contributed by atoms with Crippen molar-refractivity contribution >= 4 is 28.8 Å². The Balaban J connectivity index is 1.66. The minimum Gasteiger partial charge on any atom is -0.351 e. The monoisotopic (exact) mass is 343 g/mol. The number of amides is 2. The van der Waals surface area contributed by atoms with Crippen molar-refractivity contribution in [3.63, 3.8) is 0 Å². The van der Waals surface area contributed by atoms with Crippen molar-refractivity contribution < 1.29 is 9.59 Å². The molecule has 1 aliphatic rings. The molecule has 0 unspecified atom stereocenters. The van der Waals surface area contributed by atoms with Gasteiger partial charge in [-0.1, -0.05) is 12.1 Å². The highest BCUT2D eigenvalue weighted by atomic mass is 32.1. The zero-order chi connectivity index (χ0) is 17.1. The molecule has 1 aliphatic carbocycles. The van der Waals surface area contributed by atoms with E-state index in [2.05, 4.69) is 29.7 Å². The number of carbonyl (C=O) groups excluding carboxylic acids is 2. The van der Waals surface area contributed by atoms with Gasteiger partial charge in [0.05, 0.1) is 11.3 Å². The van der Waals surface area contributed by atoms with E-state index in [0.717, 1.165) is 6.42 Å². The van der Waals surface area contributed by atoms with Crippen molar-refractivity contribution in [3.05, 3.63) is 51.7 Å². The standard InChI is InChI=1S/C18H21N3O2S/c1-11-6-7-16(24-11)13-10-14(13)18(23)21-15-5-3-2-4-12(15)17(22)20-9-8-19/h2-7,13-14H,8-10,19H2,1H3,(H,20,22)(H,21,23)/t13-,14-/m1/s1. The molecule has 0 radical (unpaired) electrons. The van der Waals surface area contributed by atoms with Crippen LogP contribution >= 0.6 is 11.3 Å². The zero-order valence-electron chi connectivity index (χ0n) is 13.5. The molecule has 0 bridgehead atoms. The first-order valence-corrected chi connectivity index (χ1v) is 8.86. The van der Waals surface area contributed by atoms with Crippen LogP contribution in [0.25, 0.3) is 0 Å². The highest BCUT2D eigenvalue weighted by Gasteiger charge is 2.44. The first-order valence-electron chi connectivity index (χ1n) is 8.04. The minimum absolute atomic E-state index is 0.0109. The Labute approximate surface area is 145 Å². The van der Waals surface area contributed by atoms with Gasteiger partial charge in [-0.3, -0.25) is 9.59 Å². The van der Waals surface area contributed by atoms with Crippen molar-refractivity contribution in [1.82, 2.24) is 5.32 Å². The highest BCUT2D eigenvalue weighted by molar-refractivity contribution is 7.12. The summed E-state index contributed by atoms with van der Waals surface area (Å²) in [4.78, 5) is 27.2. The van der Waals surface area contributed by atoms with Crippen LogP contribution in [0.3, 0.4) is 0 Å². The molecule has 3 rings (SSSR count). The van der Waals surface area contributed by atoms with Crippen molar-refractivity contribution in [2.24, 2.45) is 11.7 Å². The topological polar surface area (TPSA) is 84.2 Å². The van der Waals surface area contributed by atoms with E-state index in [0.29, 0.717) is 30.3 Å². The molecule has 2 amide bonds. The van der Waals surface area contributed by atoms with Crippen LogP contribution in [0.4, 0.5) is 5.69 Å². The lowest BCUT2D eigenvalue weighted by atomic mass is 10.1. The molecule has 2 atom stereocenters. The van der Waals surface area contributed by atoms with Crippen LogP contribution in [0.2, 0.25) is 0 Å². The molecule has 0 aliphatic heterocycles. The van der Waals surface area contributed by atoms with Gasteiger partial charge in [-0.2, -0.15) is 0 Å². The van der Waals surface area contributed by atoms with Crippen LogP contribution < -0.4 is 16.4 Å². The minimum atomic E-state index is -0.224. The predicted octanol–water partition coefficient (Wildman–Crippen LogP) is 2.49. The molecule has 1 fully saturated rings. The summed E-state index contributed by atoms with van der Waals surface area (Å²) in [5.74, 6) is 0.0489. The van der Waals surface area contributed by atoms with Crippen LogP contribution in [-0.4, -0.2) is 24.9 Å². The van der Waals surface area contributed by atoms with Gasteiger partial charge in [0, 0.05) is 34.7 Å². The van der Waals surface area contributed by atoms with E-state index in [1.165, 1.54) is 9.75 Å². The second-order valence-electron chi connectivity index (χ2n) is 5.98. The van der Waals surface area contributed by atoms with Crippen LogP contribution in [0.1, 0.15) is 32.5 Å². The third-order valence-corrected chi connectivity index (χ3v) is 5.25. The van der Waals surface area contributed by atoms with Crippen molar-refractivity contribution in [3.8, 4) is 0 Å². The number of nitrogens with two attached hydrogens (primary N) is 1. The maximum absolute atomic E-state index is 12.5. The SMILES string of the molecule is Cc1ccc([C@@H]2C[C@H]2C(=O)Nc2ccccc2C(=O)NCCN)s1. The van der Waals surface area contributed by atoms with E-state index in [1.54, 1.807) is 29.5 Å². The molecule has 6 heteroatoms. The zero-order valence-corrected chi connectivity index (χ0v) is 14.4. The summed E-state index contributed by atoms with van der Waals surface area (Å²) < 4.78 is 0. The Morgan fingerprint density at radius 3 is 2.75 bits per heavy atom. The molecule has 24 heavy (non-hydrogen) atoms. The number of benzene rings is 1. The third kappa shape index (κ3) is 3.66. The normalized spacial score (nSPS) is 18.9. The second kappa shape index (κ2) is 7.15. The van der Waals surface area contributed by atoms with Gasteiger partial charge in [0.25, 0.3) is 5.91 Å². The number of thiophene rings is 1. The number of rotatable bonds is 6. The maximum Gasteiger partial charge on any atom is 0.253 e. The quantitative estimate of drug-likeness (QED) is 0.753.